The van der Waals surface area contributed by atoms with Crippen molar-refractivity contribution in [3.63, 3.8) is 0 Å². The van der Waals surface area contributed by atoms with Crippen molar-refractivity contribution in [3.05, 3.63) is 71.8 Å². The van der Waals surface area contributed by atoms with E-state index in [0.29, 0.717) is 12.0 Å². The van der Waals surface area contributed by atoms with Gasteiger partial charge in [-0.2, -0.15) is 0 Å². The number of benzene rings is 1. The van der Waals surface area contributed by atoms with E-state index in [9.17, 15) is 4.79 Å². The minimum Gasteiger partial charge on any atom is -0.289 e. The molecule has 2 aromatic heterocycles. The summed E-state index contributed by atoms with van der Waals surface area (Å²) in [6, 6.07) is 9.49. The molecule has 2 heterocycles. The first-order chi connectivity index (χ1) is 10.3. The molecule has 0 bridgehead atoms. The van der Waals surface area contributed by atoms with Crippen LogP contribution in [-0.4, -0.2) is 20.7 Å². The van der Waals surface area contributed by atoms with Crippen molar-refractivity contribution < 1.29 is 4.79 Å². The fourth-order valence-electron chi connectivity index (χ4n) is 2.62. The van der Waals surface area contributed by atoms with Crippen molar-refractivity contribution in [2.45, 2.75) is 6.42 Å². The van der Waals surface area contributed by atoms with Gasteiger partial charge in [-0.05, 0) is 41.5 Å². The number of carbonyl (C=O) groups is 1. The van der Waals surface area contributed by atoms with Crippen molar-refractivity contribution >= 4 is 22.4 Å². The molecule has 0 spiro atoms. The second kappa shape index (κ2) is 4.59. The molecule has 0 amide bonds. The zero-order valence-electron chi connectivity index (χ0n) is 11.2. The molecule has 0 atom stereocenters. The zero-order valence-corrected chi connectivity index (χ0v) is 11.2. The average Bonchev–Trinajstić information content (AvgIpc) is 2.54. The Bertz CT molecular complexity index is 899. The maximum absolute atomic E-state index is 12.2. The van der Waals surface area contributed by atoms with Crippen molar-refractivity contribution in [3.8, 4) is 0 Å². The van der Waals surface area contributed by atoms with Gasteiger partial charge >= 0.3 is 0 Å². The summed E-state index contributed by atoms with van der Waals surface area (Å²) < 4.78 is 0. The summed E-state index contributed by atoms with van der Waals surface area (Å²) in [5.41, 5.74) is 5.17. The second-order valence-corrected chi connectivity index (χ2v) is 4.97. The molecule has 21 heavy (non-hydrogen) atoms. The van der Waals surface area contributed by atoms with Gasteiger partial charge in [-0.15, -0.1) is 0 Å². The summed E-state index contributed by atoms with van der Waals surface area (Å²) in [6.07, 6.45) is 7.42. The number of nitrogens with zero attached hydrogens (tertiary/aromatic N) is 3. The fraction of sp³-hybridized carbons (Fsp3) is 0.0588. The third kappa shape index (κ3) is 2.01. The van der Waals surface area contributed by atoms with Crippen LogP contribution in [0.5, 0.6) is 0 Å². The van der Waals surface area contributed by atoms with Crippen molar-refractivity contribution in [1.29, 1.82) is 0 Å². The SMILES string of the molecule is O=C1C=C(c2ccc3nccnc3c2)Cc2ncccc21. The molecule has 4 heteroatoms. The summed E-state index contributed by atoms with van der Waals surface area (Å²) in [7, 11) is 0. The average molecular weight is 273 g/mol. The summed E-state index contributed by atoms with van der Waals surface area (Å²) in [4.78, 5) is 25.1. The maximum atomic E-state index is 12.2. The maximum Gasteiger partial charge on any atom is 0.187 e. The van der Waals surface area contributed by atoms with Gasteiger partial charge in [-0.1, -0.05) is 6.07 Å². The van der Waals surface area contributed by atoms with Gasteiger partial charge in [0.2, 0.25) is 0 Å². The van der Waals surface area contributed by atoms with Crippen LogP contribution in [0.2, 0.25) is 0 Å². The van der Waals surface area contributed by atoms with E-state index in [-0.39, 0.29) is 5.78 Å². The van der Waals surface area contributed by atoms with Gasteiger partial charge in [0.1, 0.15) is 0 Å². The summed E-state index contributed by atoms with van der Waals surface area (Å²) in [6.45, 7) is 0. The largest absolute Gasteiger partial charge is 0.289 e. The molecule has 3 aromatic rings. The number of hydrogen-bond donors (Lipinski definition) is 0. The van der Waals surface area contributed by atoms with Crippen molar-refractivity contribution in [2.75, 3.05) is 0 Å². The van der Waals surface area contributed by atoms with Crippen LogP contribution in [0, 0.1) is 0 Å². The third-order valence-corrected chi connectivity index (χ3v) is 3.66. The van der Waals surface area contributed by atoms with Gasteiger partial charge in [0.05, 0.1) is 16.7 Å². The van der Waals surface area contributed by atoms with Crippen LogP contribution in [0.15, 0.2) is 55.0 Å². The Morgan fingerprint density at radius 1 is 0.905 bits per heavy atom. The van der Waals surface area contributed by atoms with Crippen molar-refractivity contribution in [2.24, 2.45) is 0 Å². The molecule has 0 aliphatic heterocycles. The van der Waals surface area contributed by atoms with Crippen LogP contribution in [0.1, 0.15) is 21.6 Å². The van der Waals surface area contributed by atoms with E-state index >= 15 is 0 Å². The quantitative estimate of drug-likeness (QED) is 0.684. The molecular weight excluding hydrogens is 262 g/mol. The van der Waals surface area contributed by atoms with E-state index in [1.807, 2.05) is 24.3 Å². The number of carbonyl (C=O) groups excluding carboxylic acids is 1. The molecule has 0 radical (unpaired) electrons. The minimum atomic E-state index is 0.0126. The molecule has 0 saturated heterocycles. The Hall–Kier alpha value is -2.88. The first kappa shape index (κ1) is 11.9. The Labute approximate surface area is 121 Å². The first-order valence-electron chi connectivity index (χ1n) is 6.71. The van der Waals surface area contributed by atoms with Gasteiger partial charge in [0.25, 0.3) is 0 Å². The summed E-state index contributed by atoms with van der Waals surface area (Å²) in [5.74, 6) is 0.0126. The van der Waals surface area contributed by atoms with E-state index < -0.39 is 0 Å². The fourth-order valence-corrected chi connectivity index (χ4v) is 2.62. The van der Waals surface area contributed by atoms with Crippen LogP contribution >= 0.6 is 0 Å². The zero-order chi connectivity index (χ0) is 14.2. The number of aromatic nitrogens is 3. The van der Waals surface area contributed by atoms with Crippen LogP contribution < -0.4 is 0 Å². The molecule has 0 unspecified atom stereocenters. The van der Waals surface area contributed by atoms with Gasteiger partial charge in [0, 0.05) is 30.6 Å². The predicted molar refractivity (Wildman–Crippen MR) is 79.8 cm³/mol. The van der Waals surface area contributed by atoms with Crippen LogP contribution in [0.4, 0.5) is 0 Å². The number of hydrogen-bond acceptors (Lipinski definition) is 4. The molecule has 100 valence electrons. The topological polar surface area (TPSA) is 55.7 Å². The van der Waals surface area contributed by atoms with Gasteiger partial charge in [-0.25, -0.2) is 0 Å². The Kier molecular flexibility index (Phi) is 2.60. The highest BCUT2D eigenvalue weighted by molar-refractivity contribution is 6.11. The predicted octanol–water partition coefficient (Wildman–Crippen LogP) is 2.85. The van der Waals surface area contributed by atoms with E-state index in [1.165, 1.54) is 0 Å². The molecule has 1 aliphatic rings. The first-order valence-corrected chi connectivity index (χ1v) is 6.71. The molecule has 0 saturated carbocycles. The van der Waals surface area contributed by atoms with Gasteiger partial charge in [-0.3, -0.25) is 19.7 Å². The Morgan fingerprint density at radius 3 is 2.67 bits per heavy atom. The molecule has 1 aliphatic carbocycles. The Balaban J connectivity index is 1.81. The minimum absolute atomic E-state index is 0.0126. The van der Waals surface area contributed by atoms with Crippen LogP contribution in [-0.2, 0) is 6.42 Å². The highest BCUT2D eigenvalue weighted by Crippen LogP contribution is 2.27. The smallest absolute Gasteiger partial charge is 0.187 e. The molecule has 4 rings (SSSR count). The van der Waals surface area contributed by atoms with Gasteiger partial charge in [0.15, 0.2) is 5.78 Å². The van der Waals surface area contributed by atoms with Crippen molar-refractivity contribution in [1.82, 2.24) is 15.0 Å². The normalized spacial score (nSPS) is 13.9. The van der Waals surface area contributed by atoms with E-state index in [1.54, 1.807) is 30.7 Å². The van der Waals surface area contributed by atoms with E-state index in [0.717, 1.165) is 27.9 Å². The summed E-state index contributed by atoms with van der Waals surface area (Å²) in [5, 5.41) is 0. The number of rotatable bonds is 1. The van der Waals surface area contributed by atoms with Crippen LogP contribution in [0.25, 0.3) is 16.6 Å². The lowest BCUT2D eigenvalue weighted by molar-refractivity contribution is 0.104. The lowest BCUT2D eigenvalue weighted by Crippen LogP contribution is -2.10. The van der Waals surface area contributed by atoms with E-state index in [2.05, 4.69) is 15.0 Å². The lowest BCUT2D eigenvalue weighted by Gasteiger charge is -2.15. The number of pyridine rings is 1. The second-order valence-electron chi connectivity index (χ2n) is 4.97. The third-order valence-electron chi connectivity index (χ3n) is 3.66. The highest BCUT2D eigenvalue weighted by atomic mass is 16.1. The molecular formula is C17H11N3O. The van der Waals surface area contributed by atoms with E-state index in [4.69, 9.17) is 0 Å². The monoisotopic (exact) mass is 273 g/mol. The molecule has 4 nitrogen and oxygen atoms in total. The lowest BCUT2D eigenvalue weighted by atomic mass is 9.90. The molecule has 0 fully saturated rings. The Morgan fingerprint density at radius 2 is 1.76 bits per heavy atom. The standard InChI is InChI=1S/C17H11N3O/c21-17-10-12(9-15-13(17)2-1-5-18-15)11-3-4-14-16(8-11)20-7-6-19-14/h1-8,10H,9H2. The van der Waals surface area contributed by atoms with Crippen LogP contribution in [0.3, 0.4) is 0 Å². The number of ketones is 1. The van der Waals surface area contributed by atoms with Gasteiger partial charge < -0.3 is 0 Å². The number of allylic oxidation sites excluding steroid dienone is 2. The molecule has 0 N–H and O–H groups in total. The molecule has 1 aromatic carbocycles. The summed E-state index contributed by atoms with van der Waals surface area (Å²) >= 11 is 0. The number of fused-ring (bicyclic) bond motifs is 2. The highest BCUT2D eigenvalue weighted by Gasteiger charge is 2.19.